The van der Waals surface area contributed by atoms with E-state index < -0.39 is 0 Å². The lowest BCUT2D eigenvalue weighted by atomic mass is 10.1. The summed E-state index contributed by atoms with van der Waals surface area (Å²) in [5, 5.41) is 6.39. The number of carbonyl (C=O) groups excluding carboxylic acids is 1. The Hall–Kier alpha value is -3.41. The molecule has 3 aromatic rings. The Bertz CT molecular complexity index is 868. The number of carbonyl (C=O) groups is 1. The third-order valence-electron chi connectivity index (χ3n) is 3.75. The molecule has 132 valence electrons. The lowest BCUT2D eigenvalue weighted by molar-refractivity contribution is 0.0601. The second-order valence-electron chi connectivity index (χ2n) is 5.63. The predicted molar refractivity (Wildman–Crippen MR) is 102 cm³/mol. The summed E-state index contributed by atoms with van der Waals surface area (Å²) in [6, 6.07) is 19.1. The van der Waals surface area contributed by atoms with Gasteiger partial charge in [0.15, 0.2) is 0 Å². The van der Waals surface area contributed by atoms with Gasteiger partial charge in [-0.25, -0.2) is 9.78 Å². The van der Waals surface area contributed by atoms with Crippen LogP contribution in [0.25, 0.3) is 0 Å². The maximum absolute atomic E-state index is 11.6. The molecule has 2 N–H and O–H groups in total. The van der Waals surface area contributed by atoms with Crippen LogP contribution < -0.4 is 10.6 Å². The van der Waals surface area contributed by atoms with Crippen LogP contribution >= 0.6 is 0 Å². The Balaban J connectivity index is 1.61. The van der Waals surface area contributed by atoms with Gasteiger partial charge < -0.3 is 15.4 Å². The molecular formula is C20H20N4O2. The summed E-state index contributed by atoms with van der Waals surface area (Å²) in [5.41, 5.74) is 2.49. The van der Waals surface area contributed by atoms with E-state index in [0.717, 1.165) is 18.7 Å². The lowest BCUT2D eigenvalue weighted by Gasteiger charge is -2.09. The molecule has 0 saturated heterocycles. The quantitative estimate of drug-likeness (QED) is 0.635. The maximum Gasteiger partial charge on any atom is 0.337 e. The Morgan fingerprint density at radius 3 is 2.73 bits per heavy atom. The van der Waals surface area contributed by atoms with Crippen molar-refractivity contribution in [2.24, 2.45) is 0 Å². The molecule has 6 heteroatoms. The van der Waals surface area contributed by atoms with E-state index in [4.69, 9.17) is 4.74 Å². The molecule has 3 rings (SSSR count). The first-order chi connectivity index (χ1) is 12.7. The second-order valence-corrected chi connectivity index (χ2v) is 5.63. The normalized spacial score (nSPS) is 10.2. The molecule has 0 fully saturated rings. The number of benzene rings is 2. The summed E-state index contributed by atoms with van der Waals surface area (Å²) < 4.78 is 4.74. The number of ether oxygens (including phenoxy) is 1. The molecule has 0 aliphatic carbocycles. The number of nitrogens with one attached hydrogen (secondary N) is 2. The molecule has 0 radical (unpaired) electrons. The first-order valence-corrected chi connectivity index (χ1v) is 8.31. The Morgan fingerprint density at radius 2 is 1.92 bits per heavy atom. The van der Waals surface area contributed by atoms with E-state index in [1.165, 1.54) is 12.7 Å². The Kier molecular flexibility index (Phi) is 5.77. The van der Waals surface area contributed by atoms with Crippen LogP contribution in [0, 0.1) is 0 Å². The zero-order valence-corrected chi connectivity index (χ0v) is 14.5. The van der Waals surface area contributed by atoms with Gasteiger partial charge in [0.25, 0.3) is 0 Å². The minimum atomic E-state index is -0.375. The summed E-state index contributed by atoms with van der Waals surface area (Å²) in [5.74, 6) is 0.818. The van der Waals surface area contributed by atoms with Crippen molar-refractivity contribution in [2.45, 2.75) is 6.42 Å². The molecule has 0 amide bonds. The smallest absolute Gasteiger partial charge is 0.337 e. The fraction of sp³-hybridized carbons (Fsp3) is 0.150. The van der Waals surface area contributed by atoms with Crippen LogP contribution in [0.1, 0.15) is 15.9 Å². The van der Waals surface area contributed by atoms with Crippen molar-refractivity contribution in [3.8, 4) is 0 Å². The van der Waals surface area contributed by atoms with Gasteiger partial charge >= 0.3 is 5.97 Å². The highest BCUT2D eigenvalue weighted by atomic mass is 16.5. The molecular weight excluding hydrogens is 328 g/mol. The van der Waals surface area contributed by atoms with Gasteiger partial charge in [-0.15, -0.1) is 0 Å². The molecule has 1 aromatic heterocycles. The SMILES string of the molecule is COC(=O)c1cccc(Nc2ccnc(NCCc3ccccc3)n2)c1. The minimum absolute atomic E-state index is 0.375. The van der Waals surface area contributed by atoms with Gasteiger partial charge in [-0.2, -0.15) is 4.98 Å². The fourth-order valence-corrected chi connectivity index (χ4v) is 2.47. The van der Waals surface area contributed by atoms with E-state index in [1.807, 2.05) is 24.3 Å². The standard InChI is InChI=1S/C20H20N4O2/c1-26-19(25)16-8-5-9-17(14-16)23-18-11-13-22-20(24-18)21-12-10-15-6-3-2-4-7-15/h2-9,11,13-14H,10,12H2,1H3,(H2,21,22,23,24). The van der Waals surface area contributed by atoms with Crippen molar-refractivity contribution in [3.05, 3.63) is 78.0 Å². The van der Waals surface area contributed by atoms with Gasteiger partial charge in [0, 0.05) is 18.4 Å². The van der Waals surface area contributed by atoms with Gasteiger partial charge in [-0.3, -0.25) is 0 Å². The summed E-state index contributed by atoms with van der Waals surface area (Å²) in [7, 11) is 1.36. The number of rotatable bonds is 7. The van der Waals surface area contributed by atoms with E-state index in [2.05, 4.69) is 32.7 Å². The number of hydrogen-bond donors (Lipinski definition) is 2. The van der Waals surface area contributed by atoms with Crippen LogP contribution in [0.5, 0.6) is 0 Å². The second kappa shape index (κ2) is 8.62. The van der Waals surface area contributed by atoms with E-state index >= 15 is 0 Å². The van der Waals surface area contributed by atoms with E-state index in [9.17, 15) is 4.79 Å². The molecule has 0 aliphatic rings. The highest BCUT2D eigenvalue weighted by molar-refractivity contribution is 5.90. The maximum atomic E-state index is 11.6. The molecule has 0 bridgehead atoms. The number of hydrogen-bond acceptors (Lipinski definition) is 6. The van der Waals surface area contributed by atoms with Gasteiger partial charge in [0.1, 0.15) is 5.82 Å². The van der Waals surface area contributed by atoms with Gasteiger partial charge in [-0.1, -0.05) is 36.4 Å². The molecule has 26 heavy (non-hydrogen) atoms. The number of nitrogens with zero attached hydrogens (tertiary/aromatic N) is 2. The largest absolute Gasteiger partial charge is 0.465 e. The summed E-state index contributed by atoms with van der Waals surface area (Å²) in [6.07, 6.45) is 2.58. The summed E-state index contributed by atoms with van der Waals surface area (Å²) in [4.78, 5) is 20.3. The monoisotopic (exact) mass is 348 g/mol. The zero-order valence-electron chi connectivity index (χ0n) is 14.5. The lowest BCUT2D eigenvalue weighted by Crippen LogP contribution is -2.08. The average Bonchev–Trinajstić information content (AvgIpc) is 2.69. The molecule has 1 heterocycles. The fourth-order valence-electron chi connectivity index (χ4n) is 2.47. The summed E-state index contributed by atoms with van der Waals surface area (Å²) >= 11 is 0. The van der Waals surface area contributed by atoms with E-state index in [0.29, 0.717) is 17.3 Å². The van der Waals surface area contributed by atoms with E-state index in [-0.39, 0.29) is 5.97 Å². The number of methoxy groups -OCH3 is 1. The molecule has 6 nitrogen and oxygen atoms in total. The number of esters is 1. The van der Waals surface area contributed by atoms with Crippen molar-refractivity contribution in [2.75, 3.05) is 24.3 Å². The molecule has 0 saturated carbocycles. The van der Waals surface area contributed by atoms with Gasteiger partial charge in [0.05, 0.1) is 12.7 Å². The van der Waals surface area contributed by atoms with Crippen molar-refractivity contribution < 1.29 is 9.53 Å². The van der Waals surface area contributed by atoms with Crippen molar-refractivity contribution in [1.82, 2.24) is 9.97 Å². The molecule has 0 aliphatic heterocycles. The average molecular weight is 348 g/mol. The van der Waals surface area contributed by atoms with Crippen molar-refractivity contribution in [3.63, 3.8) is 0 Å². The first-order valence-electron chi connectivity index (χ1n) is 8.31. The molecule has 0 atom stereocenters. The third kappa shape index (κ3) is 4.80. The molecule has 2 aromatic carbocycles. The topological polar surface area (TPSA) is 76.1 Å². The van der Waals surface area contributed by atoms with Crippen molar-refractivity contribution >= 4 is 23.4 Å². The summed E-state index contributed by atoms with van der Waals surface area (Å²) in [6.45, 7) is 0.741. The Labute approximate surface area is 152 Å². The molecule has 0 unspecified atom stereocenters. The van der Waals surface area contributed by atoms with Crippen LogP contribution in [0.15, 0.2) is 66.9 Å². The highest BCUT2D eigenvalue weighted by Gasteiger charge is 2.06. The first kappa shape index (κ1) is 17.4. The Morgan fingerprint density at radius 1 is 1.08 bits per heavy atom. The number of aromatic nitrogens is 2. The third-order valence-corrected chi connectivity index (χ3v) is 3.75. The zero-order chi connectivity index (χ0) is 18.2. The highest BCUT2D eigenvalue weighted by Crippen LogP contribution is 2.17. The predicted octanol–water partition coefficient (Wildman–Crippen LogP) is 3.66. The number of anilines is 3. The van der Waals surface area contributed by atoms with E-state index in [1.54, 1.807) is 30.5 Å². The van der Waals surface area contributed by atoms with Crippen LogP contribution in [0.3, 0.4) is 0 Å². The van der Waals surface area contributed by atoms with Crippen LogP contribution in [0.2, 0.25) is 0 Å². The van der Waals surface area contributed by atoms with Crippen molar-refractivity contribution in [1.29, 1.82) is 0 Å². The van der Waals surface area contributed by atoms with Crippen LogP contribution in [-0.2, 0) is 11.2 Å². The van der Waals surface area contributed by atoms with Gasteiger partial charge in [0.2, 0.25) is 5.95 Å². The minimum Gasteiger partial charge on any atom is -0.465 e. The van der Waals surface area contributed by atoms with Gasteiger partial charge in [-0.05, 0) is 36.2 Å². The molecule has 0 spiro atoms. The van der Waals surface area contributed by atoms with Crippen LogP contribution in [0.4, 0.5) is 17.5 Å². The van der Waals surface area contributed by atoms with Crippen LogP contribution in [-0.4, -0.2) is 29.6 Å².